The molecule has 0 aliphatic heterocycles. The molecule has 0 atom stereocenters. The van der Waals surface area contributed by atoms with E-state index in [1.807, 2.05) is 31.2 Å². The molecule has 1 aromatic heterocycles. The Morgan fingerprint density at radius 1 is 1.24 bits per heavy atom. The van der Waals surface area contributed by atoms with Crippen molar-refractivity contribution in [3.63, 3.8) is 0 Å². The molecule has 0 unspecified atom stereocenters. The molecular weight excluding hydrogens is 345 g/mol. The molecule has 3 rings (SSSR count). The van der Waals surface area contributed by atoms with Crippen LogP contribution >= 0.6 is 11.6 Å². The number of nitrogens with one attached hydrogen (secondary N) is 1. The number of hydrogen-bond donors (Lipinski definition) is 1. The van der Waals surface area contributed by atoms with Crippen LogP contribution < -0.4 is 5.32 Å². The Kier molecular flexibility index (Phi) is 5.09. The molecule has 0 bridgehead atoms. The molecule has 5 nitrogen and oxygen atoms in total. The van der Waals surface area contributed by atoms with Crippen molar-refractivity contribution in [2.45, 2.75) is 19.9 Å². The first-order valence-electron chi connectivity index (χ1n) is 7.61. The van der Waals surface area contributed by atoms with Gasteiger partial charge in [0, 0.05) is 10.6 Å². The highest BCUT2D eigenvalue weighted by atomic mass is 35.5. The zero-order chi connectivity index (χ0) is 17.8. The molecule has 0 saturated heterocycles. The zero-order valence-corrected chi connectivity index (χ0v) is 14.2. The molecular formula is C18H15ClFN3O2. The van der Waals surface area contributed by atoms with E-state index in [2.05, 4.69) is 15.5 Å². The van der Waals surface area contributed by atoms with Crippen LogP contribution in [0.3, 0.4) is 0 Å². The molecule has 1 amide bonds. The maximum Gasteiger partial charge on any atom is 0.246 e. The van der Waals surface area contributed by atoms with Gasteiger partial charge in [-0.15, -0.1) is 0 Å². The van der Waals surface area contributed by atoms with Crippen LogP contribution in [0.5, 0.6) is 0 Å². The van der Waals surface area contributed by atoms with E-state index in [1.165, 1.54) is 18.2 Å². The highest BCUT2D eigenvalue weighted by Crippen LogP contribution is 2.18. The van der Waals surface area contributed by atoms with Crippen LogP contribution in [0.4, 0.5) is 4.39 Å². The fourth-order valence-electron chi connectivity index (χ4n) is 2.22. The number of amides is 1. The van der Waals surface area contributed by atoms with Crippen LogP contribution in [-0.2, 0) is 17.8 Å². The molecule has 1 heterocycles. The topological polar surface area (TPSA) is 68.0 Å². The highest BCUT2D eigenvalue weighted by Gasteiger charge is 2.11. The summed E-state index contributed by atoms with van der Waals surface area (Å²) in [6.45, 7) is 2.10. The number of aromatic nitrogens is 2. The number of carbonyl (C=O) groups excluding carboxylic acids is 1. The van der Waals surface area contributed by atoms with Crippen LogP contribution in [0.15, 0.2) is 47.0 Å². The summed E-state index contributed by atoms with van der Waals surface area (Å²) in [4.78, 5) is 16.2. The third-order valence-electron chi connectivity index (χ3n) is 3.58. The van der Waals surface area contributed by atoms with Crippen molar-refractivity contribution in [1.29, 1.82) is 0 Å². The molecule has 0 radical (unpaired) electrons. The van der Waals surface area contributed by atoms with Gasteiger partial charge in [-0.2, -0.15) is 4.98 Å². The number of rotatable bonds is 5. The molecule has 0 fully saturated rings. The molecule has 2 aromatic carbocycles. The number of benzene rings is 2. The Morgan fingerprint density at radius 3 is 2.72 bits per heavy atom. The van der Waals surface area contributed by atoms with E-state index in [-0.39, 0.29) is 23.9 Å². The first kappa shape index (κ1) is 17.1. The molecule has 0 aliphatic rings. The molecule has 0 saturated carbocycles. The van der Waals surface area contributed by atoms with Gasteiger partial charge in [-0.1, -0.05) is 52.7 Å². The van der Waals surface area contributed by atoms with Gasteiger partial charge in [0.1, 0.15) is 5.82 Å². The van der Waals surface area contributed by atoms with E-state index < -0.39 is 5.82 Å². The predicted octanol–water partition coefficient (Wildman–Crippen LogP) is 3.70. The van der Waals surface area contributed by atoms with E-state index in [0.29, 0.717) is 17.3 Å². The summed E-state index contributed by atoms with van der Waals surface area (Å²) in [5, 5.41) is 6.79. The Bertz CT molecular complexity index is 894. The van der Waals surface area contributed by atoms with Crippen molar-refractivity contribution in [1.82, 2.24) is 15.5 Å². The first-order chi connectivity index (χ1) is 12.0. The van der Waals surface area contributed by atoms with Crippen LogP contribution in [0.1, 0.15) is 17.0 Å². The Hall–Kier alpha value is -2.73. The second-order valence-electron chi connectivity index (χ2n) is 5.57. The lowest BCUT2D eigenvalue weighted by atomic mass is 10.1. The normalized spacial score (nSPS) is 10.7. The quantitative estimate of drug-likeness (QED) is 0.754. The molecule has 0 spiro atoms. The largest absolute Gasteiger partial charge is 0.347 e. The van der Waals surface area contributed by atoms with E-state index >= 15 is 0 Å². The van der Waals surface area contributed by atoms with E-state index in [0.717, 1.165) is 11.1 Å². The van der Waals surface area contributed by atoms with Gasteiger partial charge in [-0.3, -0.25) is 4.79 Å². The Labute approximate surface area is 148 Å². The van der Waals surface area contributed by atoms with E-state index in [4.69, 9.17) is 16.1 Å². The van der Waals surface area contributed by atoms with Crippen molar-refractivity contribution < 1.29 is 13.7 Å². The van der Waals surface area contributed by atoms with Crippen LogP contribution in [-0.4, -0.2) is 16.0 Å². The maximum atomic E-state index is 13.0. The van der Waals surface area contributed by atoms with E-state index in [9.17, 15) is 9.18 Å². The van der Waals surface area contributed by atoms with Gasteiger partial charge in [-0.05, 0) is 24.6 Å². The summed E-state index contributed by atoms with van der Waals surface area (Å²) in [5.41, 5.74) is 2.52. The molecule has 1 N–H and O–H groups in total. The SMILES string of the molecule is Cc1ccc(-c2noc(CNC(=O)Cc3ccc(F)cc3Cl)n2)cc1. The lowest BCUT2D eigenvalue weighted by Gasteiger charge is -2.04. The second-order valence-corrected chi connectivity index (χ2v) is 5.97. The summed E-state index contributed by atoms with van der Waals surface area (Å²) in [5.74, 6) is 0.0483. The molecule has 128 valence electrons. The number of hydrogen-bond acceptors (Lipinski definition) is 4. The van der Waals surface area contributed by atoms with Gasteiger partial charge < -0.3 is 9.84 Å². The minimum atomic E-state index is -0.441. The van der Waals surface area contributed by atoms with Crippen LogP contribution in [0, 0.1) is 12.7 Å². The minimum absolute atomic E-state index is 0.0398. The van der Waals surface area contributed by atoms with Gasteiger partial charge in [0.15, 0.2) is 0 Å². The first-order valence-corrected chi connectivity index (χ1v) is 7.99. The molecule has 3 aromatic rings. The molecule has 0 aliphatic carbocycles. The number of aryl methyl sites for hydroxylation is 1. The lowest BCUT2D eigenvalue weighted by molar-refractivity contribution is -0.120. The fourth-order valence-corrected chi connectivity index (χ4v) is 2.46. The van der Waals surface area contributed by atoms with Crippen LogP contribution in [0.2, 0.25) is 5.02 Å². The number of nitrogens with zero attached hydrogens (tertiary/aromatic N) is 2. The summed E-state index contributed by atoms with van der Waals surface area (Å²) >= 11 is 5.91. The monoisotopic (exact) mass is 359 g/mol. The summed E-state index contributed by atoms with van der Waals surface area (Å²) < 4.78 is 18.1. The van der Waals surface area contributed by atoms with Crippen LogP contribution in [0.25, 0.3) is 11.4 Å². The van der Waals surface area contributed by atoms with E-state index in [1.54, 1.807) is 0 Å². The van der Waals surface area contributed by atoms with Gasteiger partial charge in [0.05, 0.1) is 13.0 Å². The third-order valence-corrected chi connectivity index (χ3v) is 3.93. The summed E-state index contributed by atoms with van der Waals surface area (Å²) in [6.07, 6.45) is 0.0398. The zero-order valence-electron chi connectivity index (χ0n) is 13.4. The molecule has 25 heavy (non-hydrogen) atoms. The summed E-state index contributed by atoms with van der Waals surface area (Å²) in [6, 6.07) is 11.6. The minimum Gasteiger partial charge on any atom is -0.347 e. The van der Waals surface area contributed by atoms with Gasteiger partial charge in [0.2, 0.25) is 17.6 Å². The van der Waals surface area contributed by atoms with Crippen molar-refractivity contribution in [2.75, 3.05) is 0 Å². The summed E-state index contributed by atoms with van der Waals surface area (Å²) in [7, 11) is 0. The average molecular weight is 360 g/mol. The fraction of sp³-hybridized carbons (Fsp3) is 0.167. The molecule has 7 heteroatoms. The highest BCUT2D eigenvalue weighted by molar-refractivity contribution is 6.31. The number of halogens is 2. The Balaban J connectivity index is 1.58. The van der Waals surface area contributed by atoms with Crippen molar-refractivity contribution >= 4 is 17.5 Å². The standard InChI is InChI=1S/C18H15ClFN3O2/c1-11-2-4-12(5-3-11)18-22-17(25-23-18)10-21-16(24)8-13-6-7-14(20)9-15(13)19/h2-7,9H,8,10H2,1H3,(H,21,24). The Morgan fingerprint density at radius 2 is 2.00 bits per heavy atom. The van der Waals surface area contributed by atoms with Crippen molar-refractivity contribution in [3.05, 3.63) is 70.3 Å². The third kappa shape index (κ3) is 4.42. The smallest absolute Gasteiger partial charge is 0.246 e. The van der Waals surface area contributed by atoms with Gasteiger partial charge in [-0.25, -0.2) is 4.39 Å². The average Bonchev–Trinajstić information content (AvgIpc) is 3.05. The van der Waals surface area contributed by atoms with Crippen molar-refractivity contribution in [2.24, 2.45) is 0 Å². The van der Waals surface area contributed by atoms with Crippen molar-refractivity contribution in [3.8, 4) is 11.4 Å². The maximum absolute atomic E-state index is 13.0. The lowest BCUT2D eigenvalue weighted by Crippen LogP contribution is -2.24. The predicted molar refractivity (Wildman–Crippen MR) is 91.4 cm³/mol. The van der Waals surface area contributed by atoms with Gasteiger partial charge in [0.25, 0.3) is 0 Å². The second kappa shape index (κ2) is 7.44. The number of carbonyl (C=O) groups is 1. The van der Waals surface area contributed by atoms with Gasteiger partial charge >= 0.3 is 0 Å².